The molecule has 0 spiro atoms. The first-order valence-corrected chi connectivity index (χ1v) is 33.4. The molecule has 3 saturated heterocycles. The van der Waals surface area contributed by atoms with Gasteiger partial charge in [-0.05, 0) is 194 Å². The van der Waals surface area contributed by atoms with Crippen LogP contribution in [0.2, 0.25) is 0 Å². The summed E-state index contributed by atoms with van der Waals surface area (Å²) in [6.07, 6.45) is 6.98. The summed E-state index contributed by atoms with van der Waals surface area (Å²) in [6, 6.07) is 10.3. The predicted molar refractivity (Wildman–Crippen MR) is 367 cm³/mol. The van der Waals surface area contributed by atoms with Crippen molar-refractivity contribution in [2.45, 2.75) is 188 Å². The van der Waals surface area contributed by atoms with Crippen LogP contribution in [0, 0.1) is 72.7 Å². The van der Waals surface area contributed by atoms with E-state index in [1.165, 1.54) is 36.4 Å². The molecule has 22 nitrogen and oxygen atoms in total. The Kier molecular flexibility index (Phi) is 20.1. The molecule has 3 aliphatic carbocycles. The number of carbonyl (C=O) groups excluding carboxylic acids is 2. The minimum absolute atomic E-state index is 0.0510. The molecule has 0 bridgehead atoms. The molecule has 6 fully saturated rings. The molecule has 6 heterocycles. The Morgan fingerprint density at radius 1 is 0.615 bits per heavy atom. The smallest absolute Gasteiger partial charge is 0.407 e. The van der Waals surface area contributed by atoms with Crippen molar-refractivity contribution < 1.29 is 42.5 Å². The molecule has 3 aromatic heterocycles. The minimum Gasteiger partial charge on any atom is -0.444 e. The summed E-state index contributed by atoms with van der Waals surface area (Å²) in [5, 5.41) is 46.5. The van der Waals surface area contributed by atoms with Crippen molar-refractivity contribution in [2.75, 3.05) is 60.6 Å². The normalized spacial score (nSPS) is 19.9. The van der Waals surface area contributed by atoms with E-state index in [0.717, 1.165) is 69.9 Å². The molecule has 3 aromatic carbocycles. The quantitative estimate of drug-likeness (QED) is 0.0231. The van der Waals surface area contributed by atoms with E-state index in [9.17, 15) is 39.5 Å². The van der Waals surface area contributed by atoms with E-state index in [-0.39, 0.29) is 93.3 Å². The Hall–Kier alpha value is -8.63. The summed E-state index contributed by atoms with van der Waals surface area (Å²) >= 11 is 0. The van der Waals surface area contributed by atoms with Gasteiger partial charge in [-0.2, -0.15) is 5.26 Å². The van der Waals surface area contributed by atoms with Gasteiger partial charge in [0.25, 0.3) is 16.7 Å². The average molecular weight is 1330 g/mol. The highest BCUT2D eigenvalue weighted by molar-refractivity contribution is 6.11. The van der Waals surface area contributed by atoms with Gasteiger partial charge in [-0.15, -0.1) is 0 Å². The zero-order chi connectivity index (χ0) is 69.9. The first-order chi connectivity index (χ1) is 45.2. The number of alkyl carbamates (subject to hydrolysis) is 2. The van der Waals surface area contributed by atoms with E-state index in [1.54, 1.807) is 13.7 Å². The number of amidine groups is 1. The number of oxime groups is 1. The fraction of sp³-hybridized carbons (Fsp3) is 0.549. The molecule has 12 rings (SSSR count). The molecule has 516 valence electrons. The number of ether oxygens (including phenoxy) is 2. The van der Waals surface area contributed by atoms with Crippen LogP contribution in [0.3, 0.4) is 0 Å². The second-order valence-corrected chi connectivity index (χ2v) is 29.1. The lowest BCUT2D eigenvalue weighted by Crippen LogP contribution is -2.42. The fourth-order valence-electron chi connectivity index (χ4n) is 14.3. The monoisotopic (exact) mass is 1330 g/mol. The number of fused-ring (bicyclic) bond motifs is 3. The number of nitrogens with two attached hydrogens (primary N) is 2. The lowest BCUT2D eigenvalue weighted by molar-refractivity contribution is 0.0482. The van der Waals surface area contributed by atoms with Crippen LogP contribution in [-0.4, -0.2) is 123 Å². The third-order valence-electron chi connectivity index (χ3n) is 19.5. The van der Waals surface area contributed by atoms with Crippen molar-refractivity contribution in [3.05, 3.63) is 118 Å². The Morgan fingerprint density at radius 3 is 1.30 bits per heavy atom. The van der Waals surface area contributed by atoms with E-state index in [1.807, 2.05) is 97.8 Å². The number of carbonyl (C=O) groups is 2. The van der Waals surface area contributed by atoms with Crippen LogP contribution in [0.4, 0.5) is 39.8 Å². The molecule has 6 atom stereocenters. The third kappa shape index (κ3) is 14.7. The number of rotatable bonds is 14. The number of aliphatic hydroxyl groups excluding tert-OH is 1. The summed E-state index contributed by atoms with van der Waals surface area (Å²) in [5.41, 5.74) is 16.1. The maximum Gasteiger partial charge on any atom is 0.407 e. The Balaban J connectivity index is 0.000000158. The van der Waals surface area contributed by atoms with E-state index >= 15 is 13.2 Å². The minimum atomic E-state index is -0.586. The van der Waals surface area contributed by atoms with Gasteiger partial charge in [0, 0.05) is 121 Å². The van der Waals surface area contributed by atoms with Crippen LogP contribution in [0.25, 0.3) is 32.7 Å². The maximum atomic E-state index is 15.6. The topological polar surface area (TPSA) is 305 Å². The van der Waals surface area contributed by atoms with Gasteiger partial charge in [-0.25, -0.2) is 22.8 Å². The molecule has 25 heteroatoms. The van der Waals surface area contributed by atoms with Gasteiger partial charge in [0.1, 0.15) is 34.7 Å². The van der Waals surface area contributed by atoms with Crippen molar-refractivity contribution in [1.29, 1.82) is 10.7 Å². The van der Waals surface area contributed by atoms with Crippen LogP contribution >= 0.6 is 0 Å². The zero-order valence-electron chi connectivity index (χ0n) is 57.1. The second-order valence-electron chi connectivity index (χ2n) is 29.1. The molecular formula is C71H92F3N13O9. The number of hydrogen-bond acceptors (Lipinski definition) is 16. The first-order valence-electron chi connectivity index (χ1n) is 33.4. The first kappa shape index (κ1) is 70.2. The van der Waals surface area contributed by atoms with Crippen LogP contribution < -0.4 is 53.5 Å². The number of nitrogens with one attached hydrogen (secondary N) is 3. The predicted octanol–water partition coefficient (Wildman–Crippen LogP) is 10.3. The largest absolute Gasteiger partial charge is 0.444 e. The number of anilines is 3. The van der Waals surface area contributed by atoms with Crippen molar-refractivity contribution >= 4 is 73.5 Å². The van der Waals surface area contributed by atoms with Crippen LogP contribution in [-0.2, 0) is 9.47 Å². The van der Waals surface area contributed by atoms with Gasteiger partial charge in [0.05, 0.1) is 51.5 Å². The molecular weight excluding hydrogens is 1240 g/mol. The van der Waals surface area contributed by atoms with E-state index in [4.69, 9.17) is 26.4 Å². The number of nitrogens with zero attached hydrogens (tertiary/aromatic N) is 8. The van der Waals surface area contributed by atoms with Gasteiger partial charge < -0.3 is 75.7 Å². The standard InChI is InChI=1S/C25H34FN5O4.C25H31FN4O3.C21H27FN4O2/c1-13-21-17(18(23(27)29-34)11-20(32)31(21)16-6-7-16)10-19(26)22(13)30-9-8-15(12-30)14(2)28-24(33)35-25(3,4)5;1-14-22-19(17(12-27)10-21(31)30(22)18-6-7-18)11-20(26)23(14)29-9-8-16(13-29)15(2)28-24(32)33-25(3,4)5;1-11-20-16(7-17(22)21(11)25-6-5-13(9-25)12(2)23)15(18(24)10-27)8-19(28)26(20)14-3-4-14/h10-11,14-16,34H,6-9,12H2,1-5H3,(H2,27,29)(H,28,33);10-11,15-16,18H,6-9,13H2,1-5H3,(H,28,32);7-8,12-14,24,27H,3-6,9-10,23H2,1-2H3/t14-,15+;15-,16+;12-,13+/m000/s1. The van der Waals surface area contributed by atoms with Gasteiger partial charge in [-0.3, -0.25) is 14.4 Å². The van der Waals surface area contributed by atoms with Crippen molar-refractivity contribution in [3.63, 3.8) is 0 Å². The number of amides is 2. The molecule has 0 radical (unpaired) electrons. The SMILES string of the molecule is Cc1c(N2CC[C@@H]([C@H](C)N)C2)c(F)cc2c(C(=N)CO)cc(=O)n(C3CC3)c12.Cc1c(N2CC[C@@H]([C@H](C)NC(=O)OC(C)(C)C)C2)c(F)cc2c(/C(N)=N/O)cc(=O)n(C3CC3)c12.Cc1c(N2CC[C@@H]([C@H](C)NC(=O)OC(C)(C)C)C2)c(F)cc2c(C#N)cc(=O)n(C3CC3)c12. The number of hydrogen-bond donors (Lipinski definition) is 7. The number of benzene rings is 3. The summed E-state index contributed by atoms with van der Waals surface area (Å²) in [7, 11) is 0. The lowest BCUT2D eigenvalue weighted by Gasteiger charge is -2.27. The van der Waals surface area contributed by atoms with Crippen LogP contribution in [0.1, 0.15) is 172 Å². The molecule has 0 unspecified atom stereocenters. The summed E-state index contributed by atoms with van der Waals surface area (Å²) in [6.45, 7) is 25.5. The molecule has 96 heavy (non-hydrogen) atoms. The average Bonchev–Trinajstić information content (AvgIpc) is 1.20. The third-order valence-corrected chi connectivity index (χ3v) is 19.5. The Bertz CT molecular complexity index is 4320. The van der Waals surface area contributed by atoms with Gasteiger partial charge in [-0.1, -0.05) is 5.16 Å². The number of aryl methyl sites for hydroxylation is 3. The molecule has 3 saturated carbocycles. The second kappa shape index (κ2) is 27.5. The van der Waals surface area contributed by atoms with E-state index in [2.05, 4.69) is 21.9 Å². The van der Waals surface area contributed by atoms with Crippen LogP contribution in [0.15, 0.2) is 55.9 Å². The molecule has 6 aliphatic rings. The highest BCUT2D eigenvalue weighted by Crippen LogP contribution is 2.45. The summed E-state index contributed by atoms with van der Waals surface area (Å²) < 4.78 is 62.2. The number of pyridine rings is 3. The number of aliphatic hydroxyl groups is 1. The summed E-state index contributed by atoms with van der Waals surface area (Å²) in [4.78, 5) is 68.9. The van der Waals surface area contributed by atoms with Gasteiger partial charge in [0.15, 0.2) is 5.84 Å². The van der Waals surface area contributed by atoms with Crippen molar-refractivity contribution in [3.8, 4) is 6.07 Å². The Labute approximate surface area is 556 Å². The Morgan fingerprint density at radius 2 is 0.958 bits per heavy atom. The molecule has 6 aromatic rings. The molecule has 9 N–H and O–H groups in total. The van der Waals surface area contributed by atoms with E-state index < -0.39 is 41.6 Å². The highest BCUT2D eigenvalue weighted by atomic mass is 19.1. The number of halogens is 3. The zero-order valence-corrected chi connectivity index (χ0v) is 57.1. The van der Waals surface area contributed by atoms with E-state index in [0.29, 0.717) is 105 Å². The summed E-state index contributed by atoms with van der Waals surface area (Å²) in [5.74, 6) is -0.876. The number of nitriles is 1. The molecule has 2 amide bonds. The van der Waals surface area contributed by atoms with Gasteiger partial charge in [0.2, 0.25) is 0 Å². The highest BCUT2D eigenvalue weighted by Gasteiger charge is 2.38. The fourth-order valence-corrected chi connectivity index (χ4v) is 14.3. The van der Waals surface area contributed by atoms with Gasteiger partial charge >= 0.3 is 12.2 Å². The number of aromatic nitrogens is 3. The molecule has 3 aliphatic heterocycles. The van der Waals surface area contributed by atoms with Crippen LogP contribution in [0.5, 0.6) is 0 Å². The van der Waals surface area contributed by atoms with Crippen molar-refractivity contribution in [1.82, 2.24) is 24.3 Å². The lowest BCUT2D eigenvalue weighted by atomic mass is 9.99. The maximum absolute atomic E-state index is 15.6. The van der Waals surface area contributed by atoms with Crippen molar-refractivity contribution in [2.24, 2.45) is 34.4 Å².